The monoisotopic (exact) mass is 229 g/mol. The summed E-state index contributed by atoms with van der Waals surface area (Å²) >= 11 is 0. The van der Waals surface area contributed by atoms with Gasteiger partial charge in [-0.2, -0.15) is 0 Å². The lowest BCUT2D eigenvalue weighted by Gasteiger charge is -2.07. The van der Waals surface area contributed by atoms with Gasteiger partial charge < -0.3 is 11.1 Å². The van der Waals surface area contributed by atoms with Crippen molar-refractivity contribution in [2.24, 2.45) is 5.73 Å². The number of nitro benzene ring substituents is 1. The summed E-state index contributed by atoms with van der Waals surface area (Å²) in [7, 11) is 0. The van der Waals surface area contributed by atoms with Crippen molar-refractivity contribution < 1.29 is 13.7 Å². The van der Waals surface area contributed by atoms with Gasteiger partial charge in [0.05, 0.1) is 17.1 Å². The summed E-state index contributed by atoms with van der Waals surface area (Å²) in [6, 6.07) is 1.08. The van der Waals surface area contributed by atoms with Crippen LogP contribution in [0.2, 0.25) is 0 Å². The van der Waals surface area contributed by atoms with Crippen LogP contribution in [-0.2, 0) is 0 Å². The van der Waals surface area contributed by atoms with Crippen molar-refractivity contribution in [3.63, 3.8) is 0 Å². The van der Waals surface area contributed by atoms with E-state index in [4.69, 9.17) is 5.73 Å². The molecule has 5 nitrogen and oxygen atoms in total. The summed E-state index contributed by atoms with van der Waals surface area (Å²) in [4.78, 5) is 9.49. The highest BCUT2D eigenvalue weighted by Crippen LogP contribution is 2.29. The highest BCUT2D eigenvalue weighted by Gasteiger charge is 2.34. The highest BCUT2D eigenvalue weighted by atomic mass is 19.1. The molecule has 0 saturated heterocycles. The lowest BCUT2D eigenvalue weighted by molar-refractivity contribution is -0.385. The van der Waals surface area contributed by atoms with Crippen LogP contribution >= 0.6 is 0 Å². The van der Waals surface area contributed by atoms with Crippen molar-refractivity contribution in [1.82, 2.24) is 0 Å². The maximum Gasteiger partial charge on any atom is 0.275 e. The van der Waals surface area contributed by atoms with Crippen LogP contribution in [0.3, 0.4) is 0 Å². The first-order valence-electron chi connectivity index (χ1n) is 4.64. The molecule has 1 aliphatic rings. The molecule has 1 aromatic carbocycles. The second kappa shape index (κ2) is 3.67. The average molecular weight is 229 g/mol. The Kier molecular flexibility index (Phi) is 2.47. The molecule has 16 heavy (non-hydrogen) atoms. The summed E-state index contributed by atoms with van der Waals surface area (Å²) in [6.07, 6.45) is 0.635. The third-order valence-electron chi connectivity index (χ3n) is 2.41. The van der Waals surface area contributed by atoms with E-state index in [0.29, 0.717) is 18.6 Å². The molecule has 0 aliphatic heterocycles. The molecule has 0 aromatic heterocycles. The Bertz CT molecular complexity index is 429. The van der Waals surface area contributed by atoms with Crippen LogP contribution in [0.4, 0.5) is 20.2 Å². The number of benzene rings is 1. The van der Waals surface area contributed by atoms with Crippen LogP contribution in [0, 0.1) is 21.7 Å². The molecule has 1 fully saturated rings. The van der Waals surface area contributed by atoms with Crippen molar-refractivity contribution in [2.45, 2.75) is 18.5 Å². The fourth-order valence-electron chi connectivity index (χ4n) is 1.37. The number of anilines is 1. The van der Waals surface area contributed by atoms with Crippen molar-refractivity contribution in [3.05, 3.63) is 33.9 Å². The smallest absolute Gasteiger partial charge is 0.275 e. The quantitative estimate of drug-likeness (QED) is 0.606. The van der Waals surface area contributed by atoms with E-state index in [-0.39, 0.29) is 17.8 Å². The van der Waals surface area contributed by atoms with Gasteiger partial charge in [0, 0.05) is 12.1 Å². The average Bonchev–Trinajstić information content (AvgIpc) is 2.87. The van der Waals surface area contributed by atoms with Gasteiger partial charge in [-0.3, -0.25) is 10.1 Å². The summed E-state index contributed by atoms with van der Waals surface area (Å²) in [6.45, 7) is 0. The summed E-state index contributed by atoms with van der Waals surface area (Å²) < 4.78 is 26.7. The molecule has 0 bridgehead atoms. The minimum absolute atomic E-state index is 0.117. The van der Waals surface area contributed by atoms with Crippen LogP contribution in [0.15, 0.2) is 12.1 Å². The summed E-state index contributed by atoms with van der Waals surface area (Å²) in [5.41, 5.74) is 4.51. The largest absolute Gasteiger partial charge is 0.376 e. The molecule has 2 rings (SSSR count). The number of nitrogens with two attached hydrogens (primary N) is 1. The van der Waals surface area contributed by atoms with Gasteiger partial charge in [-0.05, 0) is 6.42 Å². The van der Waals surface area contributed by atoms with Crippen LogP contribution in [-0.4, -0.2) is 17.0 Å². The van der Waals surface area contributed by atoms with Crippen molar-refractivity contribution >= 4 is 11.4 Å². The Balaban J connectivity index is 2.28. The minimum atomic E-state index is -0.981. The van der Waals surface area contributed by atoms with Gasteiger partial charge in [-0.25, -0.2) is 8.78 Å². The number of hydrogen-bond acceptors (Lipinski definition) is 4. The van der Waals surface area contributed by atoms with Gasteiger partial charge in [0.1, 0.15) is 5.69 Å². The number of nitro groups is 1. The Morgan fingerprint density at radius 3 is 2.31 bits per heavy atom. The van der Waals surface area contributed by atoms with Gasteiger partial charge in [0.2, 0.25) is 0 Å². The third kappa shape index (κ3) is 1.94. The molecular formula is C9H9F2N3O2. The van der Waals surface area contributed by atoms with Gasteiger partial charge >= 0.3 is 0 Å². The predicted octanol–water partition coefficient (Wildman–Crippen LogP) is 1.38. The number of rotatable bonds is 3. The molecule has 1 aliphatic carbocycles. The summed E-state index contributed by atoms with van der Waals surface area (Å²) in [5, 5.41) is 12.9. The van der Waals surface area contributed by atoms with Crippen LogP contribution in [0.5, 0.6) is 0 Å². The molecule has 86 valence electrons. The molecule has 2 unspecified atom stereocenters. The zero-order valence-electron chi connectivity index (χ0n) is 8.11. The maximum atomic E-state index is 13.3. The SMILES string of the molecule is NC1CC1Nc1c(F)cc([N+](=O)[O-])cc1F. The molecule has 1 saturated carbocycles. The predicted molar refractivity (Wildman–Crippen MR) is 53.0 cm³/mol. The standard InChI is InChI=1S/C9H9F2N3O2/c10-5-1-4(14(15)16)2-6(11)9(5)13-8-3-7(8)12/h1-2,7-8,13H,3,12H2. The first kappa shape index (κ1) is 10.7. The fraction of sp³-hybridized carbons (Fsp3) is 0.333. The normalized spacial score (nSPS) is 22.9. The van der Waals surface area contributed by atoms with E-state index in [2.05, 4.69) is 5.32 Å². The highest BCUT2D eigenvalue weighted by molar-refractivity contribution is 5.53. The second-order valence-electron chi connectivity index (χ2n) is 3.69. The molecule has 0 heterocycles. The molecule has 0 spiro atoms. The van der Waals surface area contributed by atoms with Gasteiger partial charge in [-0.15, -0.1) is 0 Å². The van der Waals surface area contributed by atoms with E-state index >= 15 is 0 Å². The van der Waals surface area contributed by atoms with Gasteiger partial charge in [-0.1, -0.05) is 0 Å². The Morgan fingerprint density at radius 1 is 1.44 bits per heavy atom. The molecule has 2 atom stereocenters. The lowest BCUT2D eigenvalue weighted by Crippen LogP contribution is -2.15. The first-order valence-corrected chi connectivity index (χ1v) is 4.64. The molecule has 7 heteroatoms. The Morgan fingerprint density at radius 2 is 1.94 bits per heavy atom. The van der Waals surface area contributed by atoms with E-state index in [9.17, 15) is 18.9 Å². The van der Waals surface area contributed by atoms with E-state index in [0.717, 1.165) is 0 Å². The van der Waals surface area contributed by atoms with Crippen LogP contribution in [0.1, 0.15) is 6.42 Å². The Hall–Kier alpha value is -1.76. The second-order valence-corrected chi connectivity index (χ2v) is 3.69. The van der Waals surface area contributed by atoms with Crippen molar-refractivity contribution in [1.29, 1.82) is 0 Å². The Labute approximate surface area is 89.4 Å². The molecule has 0 radical (unpaired) electrons. The number of nitrogens with one attached hydrogen (secondary N) is 1. The summed E-state index contributed by atoms with van der Waals surface area (Å²) in [5.74, 6) is -1.96. The fourth-order valence-corrected chi connectivity index (χ4v) is 1.37. The van der Waals surface area contributed by atoms with E-state index in [1.165, 1.54) is 0 Å². The molecule has 0 amide bonds. The van der Waals surface area contributed by atoms with E-state index < -0.39 is 22.2 Å². The van der Waals surface area contributed by atoms with E-state index in [1.54, 1.807) is 0 Å². The topological polar surface area (TPSA) is 81.2 Å². The zero-order chi connectivity index (χ0) is 11.9. The molecule has 1 aromatic rings. The third-order valence-corrected chi connectivity index (χ3v) is 2.41. The first-order chi connectivity index (χ1) is 7.49. The zero-order valence-corrected chi connectivity index (χ0v) is 8.11. The number of nitrogens with zero attached hydrogens (tertiary/aromatic N) is 1. The van der Waals surface area contributed by atoms with E-state index in [1.807, 2.05) is 0 Å². The maximum absolute atomic E-state index is 13.3. The van der Waals surface area contributed by atoms with Crippen molar-refractivity contribution in [2.75, 3.05) is 5.32 Å². The lowest BCUT2D eigenvalue weighted by atomic mass is 10.2. The van der Waals surface area contributed by atoms with Crippen LogP contribution in [0.25, 0.3) is 0 Å². The van der Waals surface area contributed by atoms with Gasteiger partial charge in [0.15, 0.2) is 11.6 Å². The molecule has 3 N–H and O–H groups in total. The number of halogens is 2. The number of hydrogen-bond donors (Lipinski definition) is 2. The number of non-ortho nitro benzene ring substituents is 1. The minimum Gasteiger partial charge on any atom is -0.376 e. The molecular weight excluding hydrogens is 220 g/mol. The van der Waals surface area contributed by atoms with Crippen molar-refractivity contribution in [3.8, 4) is 0 Å². The van der Waals surface area contributed by atoms with Crippen LogP contribution < -0.4 is 11.1 Å². The van der Waals surface area contributed by atoms with Gasteiger partial charge in [0.25, 0.3) is 5.69 Å².